The first-order valence-corrected chi connectivity index (χ1v) is 5.96. The normalized spacial score (nSPS) is 22.5. The van der Waals surface area contributed by atoms with Gasteiger partial charge in [-0.05, 0) is 19.3 Å². The third-order valence-corrected chi connectivity index (χ3v) is 3.19. The maximum absolute atomic E-state index is 11.7. The predicted molar refractivity (Wildman–Crippen MR) is 57.7 cm³/mol. The van der Waals surface area contributed by atoms with Crippen LogP contribution in [-0.4, -0.2) is 49.7 Å². The van der Waals surface area contributed by atoms with Crippen LogP contribution in [0.2, 0.25) is 0 Å². The Morgan fingerprint density at radius 1 is 1.33 bits per heavy atom. The van der Waals surface area contributed by atoms with E-state index in [0.717, 1.165) is 26.2 Å². The molecule has 1 amide bonds. The number of piperazine rings is 1. The zero-order chi connectivity index (χ0) is 10.5. The van der Waals surface area contributed by atoms with Crippen molar-refractivity contribution in [2.24, 2.45) is 0 Å². The van der Waals surface area contributed by atoms with Crippen LogP contribution in [0.5, 0.6) is 0 Å². The highest BCUT2D eigenvalue weighted by Gasteiger charge is 2.19. The van der Waals surface area contributed by atoms with Crippen LogP contribution < -0.4 is 5.32 Å². The lowest BCUT2D eigenvalue weighted by Gasteiger charge is -2.29. The third-order valence-electron chi connectivity index (χ3n) is 3.19. The summed E-state index contributed by atoms with van der Waals surface area (Å²) in [6.07, 6.45) is 4.65. The average molecular weight is 212 g/mol. The molecule has 2 rings (SSSR count). The van der Waals surface area contributed by atoms with Crippen LogP contribution in [0.4, 0.5) is 0 Å². The minimum atomic E-state index is 0.246. The molecule has 0 aromatic carbocycles. The summed E-state index contributed by atoms with van der Waals surface area (Å²) in [6, 6.07) is 0. The van der Waals surface area contributed by atoms with E-state index < -0.39 is 0 Å². The van der Waals surface area contributed by atoms with Crippen molar-refractivity contribution in [3.8, 4) is 0 Å². The monoisotopic (exact) mass is 212 g/mol. The van der Waals surface area contributed by atoms with Gasteiger partial charge in [-0.3, -0.25) is 4.79 Å². The Bertz CT molecular complexity index is 211. The Labute approximate surface area is 91.0 Å². The Morgan fingerprint density at radius 3 is 2.67 bits per heavy atom. The van der Waals surface area contributed by atoms with Gasteiger partial charge in [0.05, 0.1) is 19.1 Å². The molecule has 0 bridgehead atoms. The fourth-order valence-corrected chi connectivity index (χ4v) is 1.92. The second-order valence-corrected chi connectivity index (χ2v) is 4.30. The lowest BCUT2D eigenvalue weighted by Crippen LogP contribution is -2.46. The molecular formula is C11H20N2O2. The molecule has 0 spiro atoms. The molecule has 2 aliphatic rings. The summed E-state index contributed by atoms with van der Waals surface area (Å²) in [5, 5.41) is 3.24. The number of nitrogens with one attached hydrogen (secondary N) is 1. The number of nitrogens with zero attached hydrogens (tertiary/aromatic N) is 1. The summed E-state index contributed by atoms with van der Waals surface area (Å²) in [5.41, 5.74) is 0. The Morgan fingerprint density at radius 2 is 2.07 bits per heavy atom. The molecule has 0 aromatic heterocycles. The van der Waals surface area contributed by atoms with E-state index in [2.05, 4.69) is 5.32 Å². The van der Waals surface area contributed by atoms with Crippen molar-refractivity contribution >= 4 is 5.91 Å². The molecule has 1 N–H and O–H groups in total. The lowest BCUT2D eigenvalue weighted by molar-refractivity contribution is -0.133. The molecule has 0 aromatic rings. The Kier molecular flexibility index (Phi) is 3.97. The van der Waals surface area contributed by atoms with E-state index in [1.165, 1.54) is 19.3 Å². The fourth-order valence-electron chi connectivity index (χ4n) is 1.92. The molecule has 1 aliphatic heterocycles. The molecule has 1 saturated heterocycles. The van der Waals surface area contributed by atoms with E-state index in [0.29, 0.717) is 19.1 Å². The number of rotatable bonds is 4. The molecule has 86 valence electrons. The van der Waals surface area contributed by atoms with Crippen molar-refractivity contribution in [1.82, 2.24) is 10.2 Å². The molecule has 15 heavy (non-hydrogen) atoms. The molecular weight excluding hydrogens is 192 g/mol. The van der Waals surface area contributed by atoms with Crippen LogP contribution in [0.3, 0.4) is 0 Å². The summed E-state index contributed by atoms with van der Waals surface area (Å²) in [4.78, 5) is 13.6. The minimum absolute atomic E-state index is 0.246. The van der Waals surface area contributed by atoms with Crippen LogP contribution in [0.1, 0.15) is 25.7 Å². The van der Waals surface area contributed by atoms with Gasteiger partial charge in [-0.25, -0.2) is 0 Å². The maximum Gasteiger partial charge on any atom is 0.224 e. The second-order valence-electron chi connectivity index (χ2n) is 4.30. The predicted octanol–water partition coefficient (Wildman–Crippen LogP) is 0.377. The van der Waals surface area contributed by atoms with Crippen LogP contribution >= 0.6 is 0 Å². The second kappa shape index (κ2) is 5.47. The number of amides is 1. The topological polar surface area (TPSA) is 41.6 Å². The molecule has 0 atom stereocenters. The first kappa shape index (κ1) is 10.9. The first-order valence-electron chi connectivity index (χ1n) is 5.96. The van der Waals surface area contributed by atoms with Crippen molar-refractivity contribution in [2.75, 3.05) is 32.8 Å². The molecule has 0 unspecified atom stereocenters. The molecule has 4 heteroatoms. The number of carbonyl (C=O) groups excluding carboxylic acids is 1. The van der Waals surface area contributed by atoms with Gasteiger partial charge >= 0.3 is 0 Å². The van der Waals surface area contributed by atoms with Crippen molar-refractivity contribution in [1.29, 1.82) is 0 Å². The van der Waals surface area contributed by atoms with E-state index in [1.807, 2.05) is 4.90 Å². The van der Waals surface area contributed by atoms with Gasteiger partial charge in [0.2, 0.25) is 5.91 Å². The summed E-state index contributed by atoms with van der Waals surface area (Å²) in [6.45, 7) is 4.16. The van der Waals surface area contributed by atoms with E-state index in [4.69, 9.17) is 4.74 Å². The van der Waals surface area contributed by atoms with Gasteiger partial charge in [-0.1, -0.05) is 0 Å². The van der Waals surface area contributed by atoms with Gasteiger partial charge in [-0.2, -0.15) is 0 Å². The fraction of sp³-hybridized carbons (Fsp3) is 0.909. The number of carbonyl (C=O) groups is 1. The number of ether oxygens (including phenoxy) is 1. The van der Waals surface area contributed by atoms with Crippen LogP contribution in [-0.2, 0) is 9.53 Å². The van der Waals surface area contributed by atoms with Gasteiger partial charge in [-0.15, -0.1) is 0 Å². The lowest BCUT2D eigenvalue weighted by atomic mass is 9.96. The highest BCUT2D eigenvalue weighted by atomic mass is 16.5. The zero-order valence-corrected chi connectivity index (χ0v) is 9.21. The maximum atomic E-state index is 11.7. The van der Waals surface area contributed by atoms with Crippen LogP contribution in [0.15, 0.2) is 0 Å². The zero-order valence-electron chi connectivity index (χ0n) is 9.21. The van der Waals surface area contributed by atoms with Crippen molar-refractivity contribution in [3.05, 3.63) is 0 Å². The quantitative estimate of drug-likeness (QED) is 0.732. The Balaban J connectivity index is 1.58. The summed E-state index contributed by atoms with van der Waals surface area (Å²) in [7, 11) is 0. The molecule has 0 radical (unpaired) electrons. The minimum Gasteiger partial charge on any atom is -0.378 e. The van der Waals surface area contributed by atoms with Crippen molar-refractivity contribution in [3.63, 3.8) is 0 Å². The van der Waals surface area contributed by atoms with Gasteiger partial charge in [0.25, 0.3) is 0 Å². The molecule has 1 heterocycles. The van der Waals surface area contributed by atoms with E-state index >= 15 is 0 Å². The van der Waals surface area contributed by atoms with Crippen molar-refractivity contribution < 1.29 is 9.53 Å². The SMILES string of the molecule is O=C(CCOC1CCC1)N1CCNCC1. The molecule has 1 saturated carbocycles. The molecule has 1 aliphatic carbocycles. The first-order chi connectivity index (χ1) is 7.36. The smallest absolute Gasteiger partial charge is 0.224 e. The highest BCUT2D eigenvalue weighted by Crippen LogP contribution is 2.21. The standard InChI is InChI=1S/C11H20N2O2/c14-11(13-7-5-12-6-8-13)4-9-15-10-2-1-3-10/h10,12H,1-9H2. The van der Waals surface area contributed by atoms with Crippen LogP contribution in [0, 0.1) is 0 Å². The number of hydrogen-bond acceptors (Lipinski definition) is 3. The van der Waals surface area contributed by atoms with Gasteiger partial charge < -0.3 is 15.0 Å². The van der Waals surface area contributed by atoms with Gasteiger partial charge in [0.15, 0.2) is 0 Å². The summed E-state index contributed by atoms with van der Waals surface area (Å²) >= 11 is 0. The largest absolute Gasteiger partial charge is 0.378 e. The summed E-state index contributed by atoms with van der Waals surface area (Å²) in [5.74, 6) is 0.246. The molecule has 4 nitrogen and oxygen atoms in total. The Hall–Kier alpha value is -0.610. The van der Waals surface area contributed by atoms with Crippen LogP contribution in [0.25, 0.3) is 0 Å². The van der Waals surface area contributed by atoms with E-state index in [1.54, 1.807) is 0 Å². The third kappa shape index (κ3) is 3.18. The highest BCUT2D eigenvalue weighted by molar-refractivity contribution is 5.76. The summed E-state index contributed by atoms with van der Waals surface area (Å²) < 4.78 is 5.58. The van der Waals surface area contributed by atoms with Gasteiger partial charge in [0, 0.05) is 26.2 Å². The van der Waals surface area contributed by atoms with E-state index in [9.17, 15) is 4.79 Å². The average Bonchev–Trinajstić information content (AvgIpc) is 2.23. The van der Waals surface area contributed by atoms with E-state index in [-0.39, 0.29) is 5.91 Å². The van der Waals surface area contributed by atoms with Gasteiger partial charge in [0.1, 0.15) is 0 Å². The molecule has 2 fully saturated rings. The van der Waals surface area contributed by atoms with Crippen molar-refractivity contribution in [2.45, 2.75) is 31.8 Å². The number of hydrogen-bond donors (Lipinski definition) is 1.